The third-order valence-electron chi connectivity index (χ3n) is 5.15. The van der Waals surface area contributed by atoms with Crippen LogP contribution in [0, 0.1) is 0 Å². The summed E-state index contributed by atoms with van der Waals surface area (Å²) in [5, 5.41) is 1.79. The van der Waals surface area contributed by atoms with Crippen molar-refractivity contribution >= 4 is 28.3 Å². The van der Waals surface area contributed by atoms with E-state index in [0.29, 0.717) is 16.9 Å². The molecular weight excluding hydrogens is 330 g/mol. The van der Waals surface area contributed by atoms with Crippen molar-refractivity contribution in [2.45, 2.75) is 38.1 Å². The van der Waals surface area contributed by atoms with Crippen molar-refractivity contribution in [3.8, 4) is 11.4 Å². The molecule has 0 N–H and O–H groups in total. The molecule has 3 aromatic rings. The molecule has 4 rings (SSSR count). The molecule has 4 heteroatoms. The van der Waals surface area contributed by atoms with Crippen LogP contribution in [0.2, 0.25) is 5.02 Å². The molecule has 1 aliphatic carbocycles. The fourth-order valence-electron chi connectivity index (χ4n) is 3.73. The van der Waals surface area contributed by atoms with Crippen LogP contribution < -0.4 is 4.90 Å². The average Bonchev–Trinajstić information content (AvgIpc) is 2.67. The van der Waals surface area contributed by atoms with E-state index in [-0.39, 0.29) is 0 Å². The standard InChI is InChI=1S/C21H22ClN3/c1-25(15-9-3-2-4-10-15)21-17-12-6-8-14-19(17)23-20(24-21)16-11-5-7-13-18(16)22/h5-8,11-15H,2-4,9-10H2,1H3. The van der Waals surface area contributed by atoms with Crippen molar-refractivity contribution in [2.24, 2.45) is 0 Å². The van der Waals surface area contributed by atoms with E-state index in [0.717, 1.165) is 22.3 Å². The third kappa shape index (κ3) is 3.21. The Balaban J connectivity index is 1.85. The van der Waals surface area contributed by atoms with Crippen molar-refractivity contribution in [3.05, 3.63) is 53.6 Å². The van der Waals surface area contributed by atoms with E-state index in [4.69, 9.17) is 21.6 Å². The number of para-hydroxylation sites is 1. The molecule has 1 fully saturated rings. The second-order valence-corrected chi connectivity index (χ2v) is 7.18. The van der Waals surface area contributed by atoms with Crippen molar-refractivity contribution in [1.29, 1.82) is 0 Å². The van der Waals surface area contributed by atoms with Gasteiger partial charge in [0.05, 0.1) is 10.5 Å². The number of benzene rings is 2. The lowest BCUT2D eigenvalue weighted by Crippen LogP contribution is -2.34. The van der Waals surface area contributed by atoms with Crippen molar-refractivity contribution in [1.82, 2.24) is 9.97 Å². The first kappa shape index (κ1) is 16.3. The Labute approximate surface area is 153 Å². The van der Waals surface area contributed by atoms with E-state index < -0.39 is 0 Å². The minimum absolute atomic E-state index is 0.547. The Morgan fingerprint density at radius 1 is 0.920 bits per heavy atom. The number of hydrogen-bond donors (Lipinski definition) is 0. The van der Waals surface area contributed by atoms with Gasteiger partial charge in [-0.15, -0.1) is 0 Å². The summed E-state index contributed by atoms with van der Waals surface area (Å²) in [5.41, 5.74) is 1.85. The molecule has 1 saturated carbocycles. The Bertz CT molecular complexity index is 887. The van der Waals surface area contributed by atoms with Crippen LogP contribution in [0.15, 0.2) is 48.5 Å². The molecular formula is C21H22ClN3. The van der Waals surface area contributed by atoms with Crippen LogP contribution in [0.25, 0.3) is 22.3 Å². The molecule has 0 aliphatic heterocycles. The number of hydrogen-bond acceptors (Lipinski definition) is 3. The van der Waals surface area contributed by atoms with Gasteiger partial charge in [-0.25, -0.2) is 9.97 Å². The Kier molecular flexibility index (Phi) is 4.58. The van der Waals surface area contributed by atoms with E-state index in [9.17, 15) is 0 Å². The van der Waals surface area contributed by atoms with Gasteiger partial charge in [-0.05, 0) is 37.1 Å². The second kappa shape index (κ2) is 7.01. The van der Waals surface area contributed by atoms with E-state index in [1.54, 1.807) is 0 Å². The molecule has 0 atom stereocenters. The van der Waals surface area contributed by atoms with Crippen LogP contribution in [-0.2, 0) is 0 Å². The molecule has 128 valence electrons. The molecule has 2 aromatic carbocycles. The first-order chi connectivity index (χ1) is 12.2. The fourth-order valence-corrected chi connectivity index (χ4v) is 3.95. The van der Waals surface area contributed by atoms with E-state index in [2.05, 4.69) is 30.1 Å². The highest BCUT2D eigenvalue weighted by Gasteiger charge is 2.22. The molecule has 1 heterocycles. The minimum atomic E-state index is 0.547. The molecule has 0 radical (unpaired) electrons. The van der Waals surface area contributed by atoms with Gasteiger partial charge in [0.1, 0.15) is 5.82 Å². The predicted octanol–water partition coefficient (Wildman–Crippen LogP) is 5.72. The summed E-state index contributed by atoms with van der Waals surface area (Å²) in [6.45, 7) is 0. The first-order valence-corrected chi connectivity index (χ1v) is 9.36. The maximum Gasteiger partial charge on any atom is 0.163 e. The smallest absolute Gasteiger partial charge is 0.163 e. The molecule has 0 saturated heterocycles. The summed E-state index contributed by atoms with van der Waals surface area (Å²) < 4.78 is 0. The lowest BCUT2D eigenvalue weighted by atomic mass is 9.94. The molecule has 0 amide bonds. The topological polar surface area (TPSA) is 29.0 Å². The van der Waals surface area contributed by atoms with Crippen molar-refractivity contribution < 1.29 is 0 Å². The number of fused-ring (bicyclic) bond motifs is 1. The highest BCUT2D eigenvalue weighted by atomic mass is 35.5. The molecule has 25 heavy (non-hydrogen) atoms. The molecule has 0 unspecified atom stereocenters. The zero-order valence-electron chi connectivity index (χ0n) is 14.5. The quantitative estimate of drug-likeness (QED) is 0.604. The lowest BCUT2D eigenvalue weighted by molar-refractivity contribution is 0.426. The molecule has 1 aromatic heterocycles. The van der Waals surface area contributed by atoms with Gasteiger partial charge in [0.2, 0.25) is 0 Å². The third-order valence-corrected chi connectivity index (χ3v) is 5.48. The summed E-state index contributed by atoms with van der Waals surface area (Å²) in [7, 11) is 2.17. The van der Waals surface area contributed by atoms with Gasteiger partial charge in [0, 0.05) is 24.0 Å². The normalized spacial score (nSPS) is 15.4. The molecule has 0 spiro atoms. The summed E-state index contributed by atoms with van der Waals surface area (Å²) in [5.74, 6) is 1.70. The lowest BCUT2D eigenvalue weighted by Gasteiger charge is -2.32. The van der Waals surface area contributed by atoms with Crippen LogP contribution in [-0.4, -0.2) is 23.1 Å². The Morgan fingerprint density at radius 3 is 2.44 bits per heavy atom. The van der Waals surface area contributed by atoms with Gasteiger partial charge in [-0.2, -0.15) is 0 Å². The highest BCUT2D eigenvalue weighted by Crippen LogP contribution is 2.33. The fraction of sp³-hybridized carbons (Fsp3) is 0.333. The number of halogens is 1. The monoisotopic (exact) mass is 351 g/mol. The average molecular weight is 352 g/mol. The molecule has 0 bridgehead atoms. The van der Waals surface area contributed by atoms with Gasteiger partial charge < -0.3 is 4.90 Å². The predicted molar refractivity (Wildman–Crippen MR) is 105 cm³/mol. The van der Waals surface area contributed by atoms with Crippen LogP contribution in [0.3, 0.4) is 0 Å². The van der Waals surface area contributed by atoms with E-state index in [1.807, 2.05) is 30.3 Å². The summed E-state index contributed by atoms with van der Waals surface area (Å²) in [6, 6.07) is 16.6. The molecule has 3 nitrogen and oxygen atoms in total. The maximum atomic E-state index is 6.40. The largest absolute Gasteiger partial charge is 0.356 e. The van der Waals surface area contributed by atoms with Gasteiger partial charge in [0.15, 0.2) is 5.82 Å². The SMILES string of the molecule is CN(c1nc(-c2ccccc2Cl)nc2ccccc12)C1CCCCC1. The van der Waals surface area contributed by atoms with Gasteiger partial charge in [-0.1, -0.05) is 55.1 Å². The van der Waals surface area contributed by atoms with E-state index in [1.165, 1.54) is 32.1 Å². The zero-order valence-corrected chi connectivity index (χ0v) is 15.2. The number of nitrogens with zero attached hydrogens (tertiary/aromatic N) is 3. The maximum absolute atomic E-state index is 6.40. The zero-order chi connectivity index (χ0) is 17.2. The Morgan fingerprint density at radius 2 is 1.64 bits per heavy atom. The van der Waals surface area contributed by atoms with Crippen LogP contribution in [0.4, 0.5) is 5.82 Å². The Hall–Kier alpha value is -2.13. The van der Waals surface area contributed by atoms with Crippen LogP contribution in [0.1, 0.15) is 32.1 Å². The van der Waals surface area contributed by atoms with Crippen molar-refractivity contribution in [2.75, 3.05) is 11.9 Å². The summed E-state index contributed by atoms with van der Waals surface area (Å²) in [6.07, 6.45) is 6.41. The summed E-state index contributed by atoms with van der Waals surface area (Å²) in [4.78, 5) is 12.1. The van der Waals surface area contributed by atoms with Gasteiger partial charge >= 0.3 is 0 Å². The summed E-state index contributed by atoms with van der Waals surface area (Å²) >= 11 is 6.40. The van der Waals surface area contributed by atoms with Crippen molar-refractivity contribution in [3.63, 3.8) is 0 Å². The number of rotatable bonds is 3. The van der Waals surface area contributed by atoms with Gasteiger partial charge in [-0.3, -0.25) is 0 Å². The minimum Gasteiger partial charge on any atom is -0.356 e. The van der Waals surface area contributed by atoms with E-state index >= 15 is 0 Å². The van der Waals surface area contributed by atoms with Gasteiger partial charge in [0.25, 0.3) is 0 Å². The molecule has 1 aliphatic rings. The van der Waals surface area contributed by atoms with Crippen LogP contribution >= 0.6 is 11.6 Å². The van der Waals surface area contributed by atoms with Crippen LogP contribution in [0.5, 0.6) is 0 Å². The first-order valence-electron chi connectivity index (χ1n) is 8.98. The second-order valence-electron chi connectivity index (χ2n) is 6.77. The number of anilines is 1. The highest BCUT2D eigenvalue weighted by molar-refractivity contribution is 6.33. The number of aromatic nitrogens is 2.